The van der Waals surface area contributed by atoms with Crippen molar-refractivity contribution in [2.75, 3.05) is 6.61 Å². The van der Waals surface area contributed by atoms with Gasteiger partial charge in [0.15, 0.2) is 5.05 Å². The summed E-state index contributed by atoms with van der Waals surface area (Å²) in [6, 6.07) is 11.3. The van der Waals surface area contributed by atoms with E-state index in [0.717, 1.165) is 12.1 Å². The van der Waals surface area contributed by atoms with Crippen molar-refractivity contribution in [2.45, 2.75) is 26.1 Å². The van der Waals surface area contributed by atoms with Gasteiger partial charge in [-0.15, -0.1) is 0 Å². The zero-order valence-corrected chi connectivity index (χ0v) is 15.6. The molecule has 0 spiro atoms. The minimum atomic E-state index is -4.37. The first-order chi connectivity index (χ1) is 12.8. The van der Waals surface area contributed by atoms with Crippen LogP contribution in [0.15, 0.2) is 60.7 Å². The summed E-state index contributed by atoms with van der Waals surface area (Å²) in [5.41, 5.74) is -0.718. The predicted octanol–water partition coefficient (Wildman–Crippen LogP) is 6.19. The van der Waals surface area contributed by atoms with E-state index >= 15 is 0 Å². The van der Waals surface area contributed by atoms with Gasteiger partial charge >= 0.3 is 6.18 Å². The number of hydrogen-bond acceptors (Lipinski definition) is 4. The van der Waals surface area contributed by atoms with Crippen LogP contribution in [0.4, 0.5) is 13.2 Å². The van der Waals surface area contributed by atoms with Gasteiger partial charge in [-0.05, 0) is 86.7 Å². The molecule has 2 rings (SSSR count). The van der Waals surface area contributed by atoms with Gasteiger partial charge in [0.2, 0.25) is 0 Å². The second-order valence-electron chi connectivity index (χ2n) is 5.53. The molecule has 0 N–H and O–H groups in total. The first kappa shape index (κ1) is 20.8. The lowest BCUT2D eigenvalue weighted by molar-refractivity contribution is -0.137. The van der Waals surface area contributed by atoms with Gasteiger partial charge in [-0.1, -0.05) is 0 Å². The number of benzene rings is 2. The third-order valence-corrected chi connectivity index (χ3v) is 3.61. The summed E-state index contributed by atoms with van der Waals surface area (Å²) in [7, 11) is 0. The Labute approximate surface area is 161 Å². The fourth-order valence-corrected chi connectivity index (χ4v) is 2.29. The standard InChI is InChI=1S/C20H19F3O3S/c1-3-24-19(27)13-4-14(2)25-16-9-11-18(12-10-16)26-17-7-5-15(6-8-17)20(21,22)23/h4-14H,3H2,1-2H3. The summed E-state index contributed by atoms with van der Waals surface area (Å²) in [5.74, 6) is 1.43. The molecule has 1 atom stereocenters. The van der Waals surface area contributed by atoms with Crippen molar-refractivity contribution in [1.29, 1.82) is 0 Å². The van der Waals surface area contributed by atoms with Gasteiger partial charge < -0.3 is 14.2 Å². The molecule has 144 valence electrons. The molecule has 0 saturated carbocycles. The maximum atomic E-state index is 12.6. The van der Waals surface area contributed by atoms with Gasteiger partial charge in [-0.25, -0.2) is 0 Å². The highest BCUT2D eigenvalue weighted by atomic mass is 32.1. The van der Waals surface area contributed by atoms with Crippen LogP contribution in [0, 0.1) is 0 Å². The lowest BCUT2D eigenvalue weighted by Crippen LogP contribution is -2.09. The van der Waals surface area contributed by atoms with Crippen molar-refractivity contribution in [3.8, 4) is 17.2 Å². The largest absolute Gasteiger partial charge is 0.487 e. The van der Waals surface area contributed by atoms with Crippen molar-refractivity contribution in [1.82, 2.24) is 0 Å². The Morgan fingerprint density at radius 1 is 1.00 bits per heavy atom. The highest BCUT2D eigenvalue weighted by molar-refractivity contribution is 7.80. The van der Waals surface area contributed by atoms with Crippen molar-refractivity contribution in [3.05, 3.63) is 66.2 Å². The molecule has 2 aromatic carbocycles. The van der Waals surface area contributed by atoms with Gasteiger partial charge in [0.25, 0.3) is 0 Å². The zero-order chi connectivity index (χ0) is 19.9. The van der Waals surface area contributed by atoms with Crippen LogP contribution in [0.25, 0.3) is 0 Å². The Morgan fingerprint density at radius 3 is 2.04 bits per heavy atom. The van der Waals surface area contributed by atoms with E-state index in [2.05, 4.69) is 0 Å². The molecule has 7 heteroatoms. The average Bonchev–Trinajstić information content (AvgIpc) is 2.62. The summed E-state index contributed by atoms with van der Waals surface area (Å²) in [6.45, 7) is 4.23. The summed E-state index contributed by atoms with van der Waals surface area (Å²) in [4.78, 5) is 0. The van der Waals surface area contributed by atoms with Gasteiger partial charge in [-0.3, -0.25) is 0 Å². The number of hydrogen-bond donors (Lipinski definition) is 0. The molecule has 0 fully saturated rings. The average molecular weight is 396 g/mol. The van der Waals surface area contributed by atoms with E-state index in [0.29, 0.717) is 28.9 Å². The molecule has 27 heavy (non-hydrogen) atoms. The molecule has 0 aliphatic heterocycles. The molecule has 0 heterocycles. The quantitative estimate of drug-likeness (QED) is 0.412. The van der Waals surface area contributed by atoms with Crippen LogP contribution >= 0.6 is 12.2 Å². The molecule has 0 bridgehead atoms. The van der Waals surface area contributed by atoms with E-state index in [1.807, 2.05) is 13.8 Å². The fourth-order valence-electron chi connectivity index (χ4n) is 2.09. The number of ether oxygens (including phenoxy) is 3. The lowest BCUT2D eigenvalue weighted by atomic mass is 10.2. The third-order valence-electron chi connectivity index (χ3n) is 3.35. The van der Waals surface area contributed by atoms with E-state index in [1.165, 1.54) is 12.1 Å². The number of alkyl halides is 3. The maximum absolute atomic E-state index is 12.6. The van der Waals surface area contributed by atoms with Crippen molar-refractivity contribution >= 4 is 17.3 Å². The molecule has 1 unspecified atom stereocenters. The Hall–Kier alpha value is -2.54. The van der Waals surface area contributed by atoms with Crippen molar-refractivity contribution < 1.29 is 27.4 Å². The Bertz CT molecular complexity index is 769. The second kappa shape index (κ2) is 9.41. The fraction of sp³-hybridized carbons (Fsp3) is 0.250. The Kier molecular flexibility index (Phi) is 7.24. The molecule has 0 aliphatic rings. The van der Waals surface area contributed by atoms with Gasteiger partial charge in [0, 0.05) is 0 Å². The molecule has 3 nitrogen and oxygen atoms in total. The van der Waals surface area contributed by atoms with Gasteiger partial charge in [0.05, 0.1) is 12.2 Å². The lowest BCUT2D eigenvalue weighted by Gasteiger charge is -2.12. The van der Waals surface area contributed by atoms with Crippen LogP contribution < -0.4 is 9.47 Å². The molecule has 0 saturated heterocycles. The van der Waals surface area contributed by atoms with Crippen LogP contribution in [-0.2, 0) is 10.9 Å². The third kappa shape index (κ3) is 6.94. The van der Waals surface area contributed by atoms with Crippen LogP contribution in [0.1, 0.15) is 19.4 Å². The molecule has 0 aliphatic carbocycles. The molecule has 2 aromatic rings. The molecular weight excluding hydrogens is 377 g/mol. The Morgan fingerprint density at radius 2 is 1.52 bits per heavy atom. The van der Waals surface area contributed by atoms with E-state index < -0.39 is 11.7 Å². The van der Waals surface area contributed by atoms with Crippen molar-refractivity contribution in [3.63, 3.8) is 0 Å². The first-order valence-electron chi connectivity index (χ1n) is 8.24. The number of halogens is 3. The van der Waals surface area contributed by atoms with Crippen LogP contribution in [0.5, 0.6) is 17.2 Å². The highest BCUT2D eigenvalue weighted by Crippen LogP contribution is 2.31. The van der Waals surface area contributed by atoms with E-state index in [9.17, 15) is 13.2 Å². The monoisotopic (exact) mass is 396 g/mol. The summed E-state index contributed by atoms with van der Waals surface area (Å²) < 4.78 is 54.1. The normalized spacial score (nSPS) is 12.6. The summed E-state index contributed by atoms with van der Waals surface area (Å²) in [6.07, 6.45) is -1.13. The predicted molar refractivity (Wildman–Crippen MR) is 101 cm³/mol. The smallest absolute Gasteiger partial charge is 0.416 e. The van der Waals surface area contributed by atoms with Crippen molar-refractivity contribution in [2.24, 2.45) is 0 Å². The molecule has 0 radical (unpaired) electrons. The molecule has 0 amide bonds. The number of thiocarbonyl (C=S) groups is 1. The summed E-state index contributed by atoms with van der Waals surface area (Å²) >= 11 is 5.00. The van der Waals surface area contributed by atoms with Gasteiger partial charge in [0.1, 0.15) is 23.4 Å². The second-order valence-corrected chi connectivity index (χ2v) is 5.93. The topological polar surface area (TPSA) is 27.7 Å². The first-order valence-corrected chi connectivity index (χ1v) is 8.65. The minimum Gasteiger partial charge on any atom is -0.487 e. The summed E-state index contributed by atoms with van der Waals surface area (Å²) in [5, 5.41) is 0.397. The zero-order valence-electron chi connectivity index (χ0n) is 14.8. The van der Waals surface area contributed by atoms with Crippen LogP contribution in [0.2, 0.25) is 0 Å². The Balaban J connectivity index is 1.92. The molecular formula is C20H19F3O3S. The number of rotatable bonds is 7. The SMILES string of the molecule is CCOC(=S)C=CC(C)Oc1ccc(Oc2ccc(C(F)(F)F)cc2)cc1. The van der Waals surface area contributed by atoms with Crippen LogP contribution in [0.3, 0.4) is 0 Å². The van der Waals surface area contributed by atoms with E-state index in [-0.39, 0.29) is 6.10 Å². The van der Waals surface area contributed by atoms with E-state index in [1.54, 1.807) is 36.4 Å². The molecule has 0 aromatic heterocycles. The van der Waals surface area contributed by atoms with E-state index in [4.69, 9.17) is 26.4 Å². The van der Waals surface area contributed by atoms with Gasteiger partial charge in [-0.2, -0.15) is 13.2 Å². The van der Waals surface area contributed by atoms with Crippen LogP contribution in [-0.4, -0.2) is 17.8 Å². The minimum absolute atomic E-state index is 0.218. The maximum Gasteiger partial charge on any atom is 0.416 e. The highest BCUT2D eigenvalue weighted by Gasteiger charge is 2.30.